The summed E-state index contributed by atoms with van der Waals surface area (Å²) in [5, 5.41) is 2.17. The van der Waals surface area contributed by atoms with Gasteiger partial charge in [-0.2, -0.15) is 0 Å². The van der Waals surface area contributed by atoms with E-state index >= 15 is 0 Å². The van der Waals surface area contributed by atoms with E-state index in [1.54, 1.807) is 12.4 Å². The van der Waals surface area contributed by atoms with Gasteiger partial charge in [-0.3, -0.25) is 9.97 Å². The van der Waals surface area contributed by atoms with Gasteiger partial charge in [0.2, 0.25) is 0 Å². The molecular weight excluding hydrogens is 490 g/mol. The van der Waals surface area contributed by atoms with Gasteiger partial charge in [-0.1, -0.05) is 78.9 Å². The minimum absolute atomic E-state index is 0.657. The van der Waals surface area contributed by atoms with Gasteiger partial charge in [0, 0.05) is 23.2 Å². The molecule has 0 N–H and O–H groups in total. The summed E-state index contributed by atoms with van der Waals surface area (Å²) in [7, 11) is 0. The van der Waals surface area contributed by atoms with Crippen LogP contribution in [-0.2, 0) is 0 Å². The molecule has 5 nitrogen and oxygen atoms in total. The zero-order valence-electron chi connectivity index (χ0n) is 20.0. The van der Waals surface area contributed by atoms with Gasteiger partial charge in [-0.05, 0) is 47.5 Å². The first kappa shape index (κ1) is 24.8. The molecule has 0 bridgehead atoms. The molecule has 0 aliphatic heterocycles. The van der Waals surface area contributed by atoms with Crippen LogP contribution in [0.25, 0.3) is 32.9 Å². The highest BCUT2D eigenvalue weighted by atomic mass is 27.2. The number of hydrogen-bond donors (Lipinski definition) is 0. The number of benzene rings is 4. The van der Waals surface area contributed by atoms with Gasteiger partial charge in [0.15, 0.2) is 0 Å². The predicted octanol–water partition coefficient (Wildman–Crippen LogP) is 6.32. The van der Waals surface area contributed by atoms with Gasteiger partial charge in [-0.15, -0.1) is 0 Å². The molecule has 0 saturated heterocycles. The third-order valence-electron chi connectivity index (χ3n) is 5.67. The maximum Gasteiger partial charge on any atom is 0.881 e. The molecule has 2 heterocycles. The quantitative estimate of drug-likeness (QED) is 0.245. The fourth-order valence-corrected chi connectivity index (χ4v) is 4.70. The summed E-state index contributed by atoms with van der Waals surface area (Å²) >= 11 is 0.809. The van der Waals surface area contributed by atoms with Crippen molar-refractivity contribution in [2.75, 3.05) is 0 Å². The molecule has 0 unspecified atom stereocenters. The third-order valence-corrected chi connectivity index (χ3v) is 6.70. The van der Waals surface area contributed by atoms with Crippen LogP contribution in [0.2, 0.25) is 0 Å². The van der Waals surface area contributed by atoms with Gasteiger partial charge >= 0.3 is 32.5 Å². The molecule has 0 fully saturated rings. The average molecular weight is 512 g/mol. The summed E-state index contributed by atoms with van der Waals surface area (Å²) in [5.74, 6) is 2.41. The van der Waals surface area contributed by atoms with Crippen LogP contribution in [0.15, 0.2) is 128 Å². The average Bonchev–Trinajstić information content (AvgIpc) is 2.98. The lowest BCUT2D eigenvalue weighted by atomic mass is 10.1. The second-order valence-electron chi connectivity index (χ2n) is 8.03. The number of fused-ring (bicyclic) bond motifs is 2. The molecule has 0 atom stereocenters. The molecular formula is C30H22Al2N2O3. The number of aromatic nitrogens is 2. The van der Waals surface area contributed by atoms with Gasteiger partial charge in [0.25, 0.3) is 0 Å². The van der Waals surface area contributed by atoms with E-state index < -0.39 is 15.9 Å². The van der Waals surface area contributed by atoms with Crippen LogP contribution in [0.3, 0.4) is 0 Å². The molecule has 7 heteroatoms. The SMILES string of the molecule is [AlH][O]c1cccc2cccnc12.c1ccc(-c2ccc([O][Al][O]c3cccc4cccnc34)cc2)cc1. The van der Waals surface area contributed by atoms with Crippen molar-refractivity contribution < 1.29 is 11.4 Å². The highest BCUT2D eigenvalue weighted by molar-refractivity contribution is 6.21. The van der Waals surface area contributed by atoms with Crippen LogP contribution in [-0.4, -0.2) is 42.5 Å². The second kappa shape index (κ2) is 12.4. The summed E-state index contributed by atoms with van der Waals surface area (Å²) < 4.78 is 16.8. The van der Waals surface area contributed by atoms with Gasteiger partial charge in [0.05, 0.1) is 5.75 Å². The number of pyridine rings is 2. The Balaban J connectivity index is 0.000000195. The fourth-order valence-electron chi connectivity index (χ4n) is 3.85. The second-order valence-corrected chi connectivity index (χ2v) is 8.98. The van der Waals surface area contributed by atoms with Gasteiger partial charge in [-0.25, -0.2) is 0 Å². The first-order valence-corrected chi connectivity index (χ1v) is 13.2. The van der Waals surface area contributed by atoms with E-state index in [0.29, 0.717) is 0 Å². The van der Waals surface area contributed by atoms with Crippen molar-refractivity contribution in [3.05, 3.63) is 128 Å². The van der Waals surface area contributed by atoms with Gasteiger partial charge < -0.3 is 11.4 Å². The Morgan fingerprint density at radius 1 is 0.514 bits per heavy atom. The summed E-state index contributed by atoms with van der Waals surface area (Å²) in [6.07, 6.45) is 3.54. The number of nitrogens with zero attached hydrogens (tertiary/aromatic N) is 2. The Morgan fingerprint density at radius 2 is 1.08 bits per heavy atom. The zero-order chi connectivity index (χ0) is 25.3. The molecule has 37 heavy (non-hydrogen) atoms. The lowest BCUT2D eigenvalue weighted by Crippen LogP contribution is -2.11. The van der Waals surface area contributed by atoms with Crippen molar-refractivity contribution in [2.24, 2.45) is 0 Å². The molecule has 2 radical (unpaired) electrons. The van der Waals surface area contributed by atoms with Crippen LogP contribution in [0, 0.1) is 0 Å². The monoisotopic (exact) mass is 512 g/mol. The highest BCUT2D eigenvalue weighted by Crippen LogP contribution is 2.24. The van der Waals surface area contributed by atoms with Gasteiger partial charge in [0.1, 0.15) is 22.5 Å². The third kappa shape index (κ3) is 6.30. The Hall–Kier alpha value is -3.84. The molecule has 0 spiro atoms. The molecule has 0 amide bonds. The summed E-state index contributed by atoms with van der Waals surface area (Å²) in [6, 6.07) is 38.0. The minimum atomic E-state index is -0.657. The molecule has 0 aliphatic rings. The van der Waals surface area contributed by atoms with E-state index in [-0.39, 0.29) is 0 Å². The summed E-state index contributed by atoms with van der Waals surface area (Å²) in [5.41, 5.74) is 4.15. The molecule has 176 valence electrons. The van der Waals surface area contributed by atoms with Crippen LogP contribution >= 0.6 is 0 Å². The zero-order valence-corrected chi connectivity index (χ0v) is 22.6. The largest absolute Gasteiger partial charge is 0.881 e. The van der Waals surface area contributed by atoms with E-state index in [9.17, 15) is 0 Å². The van der Waals surface area contributed by atoms with Crippen molar-refractivity contribution in [2.45, 2.75) is 0 Å². The van der Waals surface area contributed by atoms with Crippen molar-refractivity contribution >= 4 is 54.3 Å². The predicted molar refractivity (Wildman–Crippen MR) is 150 cm³/mol. The minimum Gasteiger partial charge on any atom is -0.649 e. The molecule has 2 aromatic heterocycles. The topological polar surface area (TPSA) is 53.5 Å². The molecule has 6 rings (SSSR count). The summed E-state index contributed by atoms with van der Waals surface area (Å²) in [4.78, 5) is 8.62. The lowest BCUT2D eigenvalue weighted by Gasteiger charge is -2.10. The maximum absolute atomic E-state index is 5.84. The number of hydrogen-bond acceptors (Lipinski definition) is 5. The Morgan fingerprint density at radius 3 is 1.73 bits per heavy atom. The Kier molecular flexibility index (Phi) is 8.33. The molecule has 6 aromatic rings. The van der Waals surface area contributed by atoms with E-state index in [2.05, 4.69) is 34.2 Å². The van der Waals surface area contributed by atoms with Crippen LogP contribution in [0.1, 0.15) is 0 Å². The molecule has 4 aromatic carbocycles. The highest BCUT2D eigenvalue weighted by Gasteiger charge is 2.09. The maximum atomic E-state index is 5.84. The van der Waals surface area contributed by atoms with E-state index in [1.807, 2.05) is 91.0 Å². The van der Waals surface area contributed by atoms with Crippen molar-refractivity contribution in [3.8, 4) is 28.4 Å². The standard InChI is InChI=1S/C12H10O.2C9H7NO.2Al.H/c13-12-8-6-11(7-9-12)10-4-2-1-3-5-10;2*11-8-5-1-3-7-4-2-6-10-9(7)8;;;/h1-9,13H;2*1-6,11H;;;/q;;;+1;+2;/p-3. The van der Waals surface area contributed by atoms with Crippen molar-refractivity contribution in [1.29, 1.82) is 0 Å². The molecule has 0 aliphatic carbocycles. The van der Waals surface area contributed by atoms with Crippen LogP contribution < -0.4 is 11.4 Å². The van der Waals surface area contributed by atoms with E-state index in [4.69, 9.17) is 11.4 Å². The Labute approximate surface area is 230 Å². The van der Waals surface area contributed by atoms with Crippen LogP contribution in [0.4, 0.5) is 0 Å². The fraction of sp³-hybridized carbons (Fsp3) is 0. The van der Waals surface area contributed by atoms with E-state index in [0.717, 1.165) is 39.1 Å². The van der Waals surface area contributed by atoms with Crippen molar-refractivity contribution in [1.82, 2.24) is 9.97 Å². The van der Waals surface area contributed by atoms with Crippen molar-refractivity contribution in [3.63, 3.8) is 0 Å². The van der Waals surface area contributed by atoms with Crippen LogP contribution in [0.5, 0.6) is 17.2 Å². The number of para-hydroxylation sites is 2. The Bertz CT molecular complexity index is 1590. The summed E-state index contributed by atoms with van der Waals surface area (Å²) in [6.45, 7) is 0. The molecule has 0 saturated carbocycles. The number of rotatable bonds is 6. The normalized spacial score (nSPS) is 10.3. The lowest BCUT2D eigenvalue weighted by molar-refractivity contribution is 0.461. The van der Waals surface area contributed by atoms with E-state index in [1.165, 1.54) is 27.8 Å². The first-order valence-electron chi connectivity index (χ1n) is 11.7. The first-order chi connectivity index (χ1) is 18.3. The smallest absolute Gasteiger partial charge is 0.649 e.